The molecule has 4 aromatic carbocycles. The summed E-state index contributed by atoms with van der Waals surface area (Å²) in [6.07, 6.45) is -23.3. The summed E-state index contributed by atoms with van der Waals surface area (Å²) in [6, 6.07) is 17.8. The van der Waals surface area contributed by atoms with E-state index in [1.54, 1.807) is 0 Å². The lowest BCUT2D eigenvalue weighted by molar-refractivity contribution is -0.364. The highest BCUT2D eigenvalue weighted by Crippen LogP contribution is 2.46. The Morgan fingerprint density at radius 2 is 1.10 bits per heavy atom. The van der Waals surface area contributed by atoms with Gasteiger partial charge in [-0.25, -0.2) is 9.59 Å². The molecule has 4 aliphatic heterocycles. The standard InChI is InChI=1S/C52H56O25/c1-68-33-16-24(4-13-30(33)57)6-15-39(59)69-21-36-41(61)44(64)47(67)51(75-36)77-49-45(65)42(62)37(22-70-38(58)14-5-23-2-9-26(54)10-3-23)76-52(49)73-34-19-29-31(71-48(34)25-7-11-27(55)12-8-25)17-28(56)18-32(29)72-50-46(66)43(63)40(60)35(20-53)74-50/h2-19,35-37,40-57,60-67H,20-22H2,1H3/b14-5+,15-6+/t35-,36-,37-,40-,41-,42-,43+,44+,45+,46+,47-,48?,49+,50-,51+,52-/m1/s1. The van der Waals surface area contributed by atoms with E-state index in [1.807, 2.05) is 0 Å². The quantitative estimate of drug-likeness (QED) is 0.0461. The van der Waals surface area contributed by atoms with Crippen molar-refractivity contribution in [2.24, 2.45) is 0 Å². The summed E-state index contributed by atoms with van der Waals surface area (Å²) in [7, 11) is 1.33. The van der Waals surface area contributed by atoms with Crippen molar-refractivity contribution in [3.8, 4) is 40.2 Å². The number of ether oxygens (including phenoxy) is 10. The Hall–Kier alpha value is -7.08. The van der Waals surface area contributed by atoms with Gasteiger partial charge in [0.2, 0.25) is 12.6 Å². The first-order valence-electron chi connectivity index (χ1n) is 23.7. The fourth-order valence-corrected chi connectivity index (χ4v) is 8.47. The minimum absolute atomic E-state index is 0.0150. The highest BCUT2D eigenvalue weighted by molar-refractivity contribution is 5.87. The Kier molecular flexibility index (Phi) is 17.9. The molecular formula is C52H56O25. The van der Waals surface area contributed by atoms with Crippen molar-refractivity contribution in [3.05, 3.63) is 119 Å². The third-order valence-corrected chi connectivity index (χ3v) is 12.7. The van der Waals surface area contributed by atoms with Crippen LogP contribution in [0.5, 0.6) is 40.2 Å². The zero-order valence-electron chi connectivity index (χ0n) is 40.5. The number of esters is 2. The molecule has 13 N–H and O–H groups in total. The summed E-state index contributed by atoms with van der Waals surface area (Å²) in [4.78, 5) is 25.7. The number of carbonyl (C=O) groups excluding carboxylic acids is 2. The summed E-state index contributed by atoms with van der Waals surface area (Å²) >= 11 is 0. The van der Waals surface area contributed by atoms with E-state index in [2.05, 4.69) is 0 Å². The van der Waals surface area contributed by atoms with Crippen molar-refractivity contribution in [2.45, 2.75) is 98.2 Å². The minimum atomic E-state index is -2.10. The molecule has 1 unspecified atom stereocenters. The normalized spacial score (nSPS) is 31.2. The average Bonchev–Trinajstić information content (AvgIpc) is 3.45. The fraction of sp³-hybridized carbons (Fsp3) is 0.385. The predicted octanol–water partition coefficient (Wildman–Crippen LogP) is -0.660. The zero-order valence-corrected chi connectivity index (χ0v) is 40.5. The Balaban J connectivity index is 1.09. The van der Waals surface area contributed by atoms with Gasteiger partial charge in [-0.2, -0.15) is 0 Å². The molecule has 25 heteroatoms. The van der Waals surface area contributed by atoms with Gasteiger partial charge in [-0.3, -0.25) is 0 Å². The van der Waals surface area contributed by atoms with Crippen LogP contribution in [-0.4, -0.2) is 197 Å². The molecular weight excluding hydrogens is 1020 g/mol. The van der Waals surface area contributed by atoms with Crippen molar-refractivity contribution in [2.75, 3.05) is 26.9 Å². The third kappa shape index (κ3) is 13.0. The van der Waals surface area contributed by atoms with Crippen LogP contribution in [-0.2, 0) is 42.7 Å². The predicted molar refractivity (Wildman–Crippen MR) is 258 cm³/mol. The first kappa shape index (κ1) is 56.1. The van der Waals surface area contributed by atoms with E-state index in [1.165, 1.54) is 98.1 Å². The SMILES string of the molecule is COc1cc(/C=C/C(=O)OC[C@H]2O[C@@H](O[C@@H]3[C@H](OC4=Cc5c(cc(O)cc5O[C@@H]5O[C@H](CO)[C@@H](O)[C@H](O)[C@@H]5O)OC4c4ccc(O)cc4)O[C@H](COC(=O)/C=C/c4ccc(O)cc4)[C@@H](O)[C@@H]3O)[C@H](O)[C@@H](O)[C@@H]2O)ccc1O. The highest BCUT2D eigenvalue weighted by atomic mass is 16.8. The molecule has 25 nitrogen and oxygen atoms in total. The van der Waals surface area contributed by atoms with Gasteiger partial charge in [-0.15, -0.1) is 0 Å². The van der Waals surface area contributed by atoms with Crippen molar-refractivity contribution < 1.29 is 123 Å². The number of phenolic OH excluding ortho intramolecular Hbond substituents is 4. The van der Waals surface area contributed by atoms with Crippen LogP contribution >= 0.6 is 0 Å². The Morgan fingerprint density at radius 3 is 1.73 bits per heavy atom. The van der Waals surface area contributed by atoms with Crippen LogP contribution in [0.3, 0.4) is 0 Å². The minimum Gasteiger partial charge on any atom is -0.508 e. The molecule has 0 spiro atoms. The molecule has 77 heavy (non-hydrogen) atoms. The number of hydrogen-bond donors (Lipinski definition) is 13. The van der Waals surface area contributed by atoms with Crippen LogP contribution in [0.15, 0.2) is 96.8 Å². The second-order valence-electron chi connectivity index (χ2n) is 18.0. The molecule has 0 radical (unpaired) electrons. The van der Waals surface area contributed by atoms with Crippen LogP contribution in [0.2, 0.25) is 0 Å². The topological polar surface area (TPSA) is 389 Å². The number of aliphatic hydroxyl groups is 9. The number of rotatable bonds is 17. The van der Waals surface area contributed by atoms with Crippen molar-refractivity contribution in [1.82, 2.24) is 0 Å². The lowest BCUT2D eigenvalue weighted by Crippen LogP contribution is -2.64. The Morgan fingerprint density at radius 1 is 0.558 bits per heavy atom. The van der Waals surface area contributed by atoms with Gasteiger partial charge in [0.25, 0.3) is 0 Å². The molecule has 0 bridgehead atoms. The Labute approximate surface area is 437 Å². The molecule has 8 rings (SSSR count). The molecule has 0 aromatic heterocycles. The molecule has 16 atom stereocenters. The molecule has 4 aliphatic rings. The fourth-order valence-electron chi connectivity index (χ4n) is 8.47. The summed E-state index contributed by atoms with van der Waals surface area (Å²) in [6.45, 7) is -2.28. The first-order chi connectivity index (χ1) is 36.8. The molecule has 4 aromatic rings. The number of fused-ring (bicyclic) bond motifs is 1. The molecule has 3 saturated heterocycles. The van der Waals surface area contributed by atoms with Gasteiger partial charge < -0.3 is 114 Å². The molecule has 0 saturated carbocycles. The maximum absolute atomic E-state index is 12.9. The zero-order chi connectivity index (χ0) is 55.2. The number of carbonyl (C=O) groups is 2. The van der Waals surface area contributed by atoms with Gasteiger partial charge in [0.15, 0.2) is 30.0 Å². The molecule has 414 valence electrons. The number of aromatic hydroxyl groups is 4. The molecule has 0 aliphatic carbocycles. The van der Waals surface area contributed by atoms with Crippen LogP contribution in [0.1, 0.15) is 28.4 Å². The van der Waals surface area contributed by atoms with E-state index in [-0.39, 0.29) is 51.4 Å². The maximum Gasteiger partial charge on any atom is 0.330 e. The van der Waals surface area contributed by atoms with Crippen LogP contribution in [0.25, 0.3) is 18.2 Å². The smallest absolute Gasteiger partial charge is 0.330 e. The number of phenols is 4. The highest BCUT2D eigenvalue weighted by Gasteiger charge is 2.53. The Bertz CT molecular complexity index is 2760. The van der Waals surface area contributed by atoms with Crippen molar-refractivity contribution in [1.29, 1.82) is 0 Å². The van der Waals surface area contributed by atoms with E-state index >= 15 is 0 Å². The second-order valence-corrected chi connectivity index (χ2v) is 18.0. The lowest BCUT2D eigenvalue weighted by atomic mass is 9.97. The van der Waals surface area contributed by atoms with Crippen molar-refractivity contribution >= 4 is 30.2 Å². The first-order valence-corrected chi connectivity index (χ1v) is 23.7. The van der Waals surface area contributed by atoms with E-state index in [0.717, 1.165) is 18.2 Å². The van der Waals surface area contributed by atoms with Crippen molar-refractivity contribution in [3.63, 3.8) is 0 Å². The number of methoxy groups -OCH3 is 1. The lowest BCUT2D eigenvalue weighted by Gasteiger charge is -2.46. The van der Waals surface area contributed by atoms with E-state index in [9.17, 15) is 76.0 Å². The van der Waals surface area contributed by atoms with Crippen LogP contribution < -0.4 is 14.2 Å². The van der Waals surface area contributed by atoms with E-state index < -0.39 is 136 Å². The van der Waals surface area contributed by atoms with E-state index in [0.29, 0.717) is 11.1 Å². The monoisotopic (exact) mass is 1080 g/mol. The maximum atomic E-state index is 12.9. The molecule has 0 amide bonds. The van der Waals surface area contributed by atoms with Gasteiger partial charge in [0.1, 0.15) is 115 Å². The number of benzene rings is 4. The summed E-state index contributed by atoms with van der Waals surface area (Å²) in [5.41, 5.74) is 1.18. The second kappa shape index (κ2) is 24.5. The van der Waals surface area contributed by atoms with Gasteiger partial charge in [-0.05, 0) is 65.8 Å². The summed E-state index contributed by atoms with van der Waals surface area (Å²) < 4.78 is 58.1. The average molecular weight is 1080 g/mol. The van der Waals surface area contributed by atoms with Gasteiger partial charge >= 0.3 is 11.9 Å². The van der Waals surface area contributed by atoms with Gasteiger partial charge in [-0.1, -0.05) is 30.3 Å². The molecule has 3 fully saturated rings. The largest absolute Gasteiger partial charge is 0.508 e. The summed E-state index contributed by atoms with van der Waals surface area (Å²) in [5.74, 6) is -3.15. The number of hydrogen-bond acceptors (Lipinski definition) is 25. The third-order valence-electron chi connectivity index (χ3n) is 12.7. The van der Waals surface area contributed by atoms with E-state index in [4.69, 9.17) is 47.4 Å². The van der Waals surface area contributed by atoms with Gasteiger partial charge in [0, 0.05) is 29.8 Å². The molecule has 4 heterocycles. The van der Waals surface area contributed by atoms with Crippen LogP contribution in [0, 0.1) is 0 Å². The van der Waals surface area contributed by atoms with Gasteiger partial charge in [0.05, 0.1) is 19.3 Å². The van der Waals surface area contributed by atoms with Crippen LogP contribution in [0.4, 0.5) is 0 Å². The summed E-state index contributed by atoms with van der Waals surface area (Å²) in [5, 5.41) is 139. The number of aliphatic hydroxyl groups excluding tert-OH is 9.